The molecule has 1 aromatic carbocycles. The van der Waals surface area contributed by atoms with Crippen LogP contribution in [0.5, 0.6) is 0 Å². The molecule has 0 radical (unpaired) electrons. The molecular formula is C15H16Br2FN3. The Labute approximate surface area is 140 Å². The van der Waals surface area contributed by atoms with Crippen molar-refractivity contribution in [1.82, 2.24) is 9.97 Å². The van der Waals surface area contributed by atoms with E-state index in [-0.39, 0.29) is 5.82 Å². The zero-order chi connectivity index (χ0) is 15.4. The maximum Gasteiger partial charge on any atom is 0.162 e. The van der Waals surface area contributed by atoms with Crippen LogP contribution in [0.15, 0.2) is 27.1 Å². The monoisotopic (exact) mass is 415 g/mol. The molecular weight excluding hydrogens is 401 g/mol. The fraction of sp³-hybridized carbons (Fsp3) is 0.333. The number of benzene rings is 1. The van der Waals surface area contributed by atoms with E-state index >= 15 is 0 Å². The van der Waals surface area contributed by atoms with Gasteiger partial charge in [0.05, 0.1) is 10.2 Å². The summed E-state index contributed by atoms with van der Waals surface area (Å²) in [6.07, 6.45) is 1.79. The second kappa shape index (κ2) is 7.31. The Bertz CT molecular complexity index is 647. The zero-order valence-electron chi connectivity index (χ0n) is 11.9. The lowest BCUT2D eigenvalue weighted by Gasteiger charge is -2.12. The Balaban J connectivity index is 2.52. The summed E-state index contributed by atoms with van der Waals surface area (Å²) in [5.41, 5.74) is 1.70. The Morgan fingerprint density at radius 3 is 2.57 bits per heavy atom. The Kier molecular flexibility index (Phi) is 5.70. The quantitative estimate of drug-likeness (QED) is 0.728. The van der Waals surface area contributed by atoms with E-state index < -0.39 is 0 Å². The van der Waals surface area contributed by atoms with Crippen molar-refractivity contribution in [3.63, 3.8) is 0 Å². The summed E-state index contributed by atoms with van der Waals surface area (Å²) in [5.74, 6) is 1.07. The highest BCUT2D eigenvalue weighted by atomic mass is 79.9. The minimum Gasteiger partial charge on any atom is -0.369 e. The molecule has 0 unspecified atom stereocenters. The number of nitrogens with one attached hydrogen (secondary N) is 1. The first kappa shape index (κ1) is 16.4. The van der Waals surface area contributed by atoms with Gasteiger partial charge in [-0.3, -0.25) is 0 Å². The molecule has 0 atom stereocenters. The van der Waals surface area contributed by atoms with Gasteiger partial charge in [0.25, 0.3) is 0 Å². The van der Waals surface area contributed by atoms with E-state index in [2.05, 4.69) is 54.1 Å². The summed E-state index contributed by atoms with van der Waals surface area (Å²) in [4.78, 5) is 9.13. The average molecular weight is 417 g/mol. The maximum atomic E-state index is 13.2. The molecule has 6 heteroatoms. The summed E-state index contributed by atoms with van der Waals surface area (Å²) >= 11 is 6.92. The highest BCUT2D eigenvalue weighted by Gasteiger charge is 2.14. The molecule has 0 bridgehead atoms. The predicted molar refractivity (Wildman–Crippen MR) is 91.0 cm³/mol. The van der Waals surface area contributed by atoms with Crippen molar-refractivity contribution >= 4 is 37.7 Å². The third-order valence-electron chi connectivity index (χ3n) is 2.97. The molecule has 0 fully saturated rings. The van der Waals surface area contributed by atoms with Crippen LogP contribution in [0.3, 0.4) is 0 Å². The first-order valence-electron chi connectivity index (χ1n) is 6.82. The molecule has 0 spiro atoms. The second-order valence-corrected chi connectivity index (χ2v) is 6.21. The van der Waals surface area contributed by atoms with Crippen LogP contribution >= 0.6 is 31.9 Å². The molecule has 1 N–H and O–H groups in total. The van der Waals surface area contributed by atoms with E-state index in [1.165, 1.54) is 12.1 Å². The first-order valence-corrected chi connectivity index (χ1v) is 8.41. The number of rotatable bonds is 5. The van der Waals surface area contributed by atoms with E-state index in [9.17, 15) is 4.39 Å². The van der Waals surface area contributed by atoms with E-state index in [0.717, 1.165) is 40.9 Å². The van der Waals surface area contributed by atoms with Gasteiger partial charge in [-0.05, 0) is 62.9 Å². The molecule has 0 aliphatic heterocycles. The molecule has 2 aromatic rings. The highest BCUT2D eigenvalue weighted by molar-refractivity contribution is 9.11. The summed E-state index contributed by atoms with van der Waals surface area (Å²) in [6.45, 7) is 4.98. The molecule has 0 saturated heterocycles. The van der Waals surface area contributed by atoms with Gasteiger partial charge in [-0.15, -0.1) is 0 Å². The Morgan fingerprint density at radius 2 is 1.95 bits per heavy atom. The number of aryl methyl sites for hydroxylation is 1. The topological polar surface area (TPSA) is 37.8 Å². The third-order valence-corrected chi connectivity index (χ3v) is 4.46. The van der Waals surface area contributed by atoms with E-state index in [0.29, 0.717) is 10.3 Å². The predicted octanol–water partition coefficient (Wildman–Crippen LogP) is 5.19. The normalized spacial score (nSPS) is 10.7. The molecule has 21 heavy (non-hydrogen) atoms. The summed E-state index contributed by atoms with van der Waals surface area (Å²) in [5, 5.41) is 3.29. The van der Waals surface area contributed by atoms with Crippen molar-refractivity contribution in [2.75, 3.05) is 11.9 Å². The van der Waals surface area contributed by atoms with Crippen LogP contribution in [-0.2, 0) is 6.42 Å². The summed E-state index contributed by atoms with van der Waals surface area (Å²) in [6, 6.07) is 4.52. The number of halogens is 3. The van der Waals surface area contributed by atoms with Crippen LogP contribution in [0.2, 0.25) is 0 Å². The van der Waals surface area contributed by atoms with E-state index in [1.807, 2.05) is 6.92 Å². The van der Waals surface area contributed by atoms with Gasteiger partial charge in [0.1, 0.15) is 11.6 Å². The van der Waals surface area contributed by atoms with Crippen LogP contribution in [0, 0.1) is 5.82 Å². The molecule has 0 aliphatic carbocycles. The third kappa shape index (κ3) is 3.80. The van der Waals surface area contributed by atoms with Gasteiger partial charge in [0.2, 0.25) is 0 Å². The van der Waals surface area contributed by atoms with Gasteiger partial charge in [0.15, 0.2) is 5.82 Å². The van der Waals surface area contributed by atoms with Crippen LogP contribution < -0.4 is 5.32 Å². The number of hydrogen-bond acceptors (Lipinski definition) is 3. The van der Waals surface area contributed by atoms with Gasteiger partial charge in [0, 0.05) is 16.6 Å². The van der Waals surface area contributed by atoms with Crippen LogP contribution in [0.25, 0.3) is 11.4 Å². The lowest BCUT2D eigenvalue weighted by molar-refractivity contribution is 0.627. The van der Waals surface area contributed by atoms with E-state index in [1.54, 1.807) is 6.07 Å². The Hall–Kier alpha value is -1.01. The minimum absolute atomic E-state index is 0.289. The first-order chi connectivity index (χ1) is 10.1. The van der Waals surface area contributed by atoms with Crippen LogP contribution in [0.1, 0.15) is 26.0 Å². The zero-order valence-corrected chi connectivity index (χ0v) is 15.1. The van der Waals surface area contributed by atoms with Crippen molar-refractivity contribution in [2.45, 2.75) is 26.7 Å². The molecule has 0 saturated carbocycles. The van der Waals surface area contributed by atoms with Gasteiger partial charge in [-0.25, -0.2) is 14.4 Å². The van der Waals surface area contributed by atoms with Crippen molar-refractivity contribution in [2.24, 2.45) is 0 Å². The average Bonchev–Trinajstić information content (AvgIpc) is 2.46. The largest absolute Gasteiger partial charge is 0.369 e. The summed E-state index contributed by atoms with van der Waals surface area (Å²) in [7, 11) is 0. The lowest BCUT2D eigenvalue weighted by atomic mass is 10.2. The molecule has 1 aromatic heterocycles. The molecule has 3 nitrogen and oxygen atoms in total. The van der Waals surface area contributed by atoms with Crippen molar-refractivity contribution in [3.8, 4) is 11.4 Å². The molecule has 0 aliphatic rings. The molecule has 2 rings (SSSR count). The number of aromatic nitrogens is 2. The lowest BCUT2D eigenvalue weighted by Crippen LogP contribution is -2.07. The SMILES string of the molecule is CCCNc1nc(-c2ccc(F)cc2Br)nc(CC)c1Br. The van der Waals surface area contributed by atoms with Crippen LogP contribution in [-0.4, -0.2) is 16.5 Å². The fourth-order valence-corrected chi connectivity index (χ4v) is 3.01. The number of anilines is 1. The van der Waals surface area contributed by atoms with Crippen molar-refractivity contribution in [1.29, 1.82) is 0 Å². The molecule has 112 valence electrons. The van der Waals surface area contributed by atoms with Crippen LogP contribution in [0.4, 0.5) is 10.2 Å². The number of hydrogen-bond donors (Lipinski definition) is 1. The van der Waals surface area contributed by atoms with E-state index in [4.69, 9.17) is 0 Å². The van der Waals surface area contributed by atoms with Gasteiger partial charge >= 0.3 is 0 Å². The standard InChI is InChI=1S/C15H16Br2FN3/c1-3-7-19-15-13(17)12(4-2)20-14(21-15)10-6-5-9(18)8-11(10)16/h5-6,8H,3-4,7H2,1-2H3,(H,19,20,21). The van der Waals surface area contributed by atoms with Gasteiger partial charge in [-0.2, -0.15) is 0 Å². The molecule has 1 heterocycles. The van der Waals surface area contributed by atoms with Crippen molar-refractivity contribution < 1.29 is 4.39 Å². The smallest absolute Gasteiger partial charge is 0.162 e. The Morgan fingerprint density at radius 1 is 1.19 bits per heavy atom. The maximum absolute atomic E-state index is 13.2. The van der Waals surface area contributed by atoms with Gasteiger partial charge < -0.3 is 5.32 Å². The minimum atomic E-state index is -0.289. The fourth-order valence-electron chi connectivity index (χ4n) is 1.88. The second-order valence-electron chi connectivity index (χ2n) is 4.56. The summed E-state index contributed by atoms with van der Waals surface area (Å²) < 4.78 is 14.8. The van der Waals surface area contributed by atoms with Crippen molar-refractivity contribution in [3.05, 3.63) is 38.7 Å². The highest BCUT2D eigenvalue weighted by Crippen LogP contribution is 2.31. The van der Waals surface area contributed by atoms with Gasteiger partial charge in [-0.1, -0.05) is 13.8 Å². The number of nitrogens with zero attached hydrogens (tertiary/aromatic N) is 2. The molecule has 0 amide bonds.